The van der Waals surface area contributed by atoms with Crippen molar-refractivity contribution < 1.29 is 17.9 Å². The summed E-state index contributed by atoms with van der Waals surface area (Å²) in [7, 11) is -3.46. The topological polar surface area (TPSA) is 102 Å². The van der Waals surface area contributed by atoms with E-state index in [4.69, 9.17) is 10.5 Å². The van der Waals surface area contributed by atoms with Crippen LogP contribution in [0.25, 0.3) is 0 Å². The molecule has 2 saturated heterocycles. The standard InChI is InChI=1S/C19H29N3O4S/c1-15-3-2-10-22(14-15)27(24,25)17-6-4-16(5-7-17)13-21-18(23)19(20)8-11-26-12-9-19/h4-7,15H,2-3,8-14,20H2,1H3,(H,21,23). The number of hydrogen-bond donors (Lipinski definition) is 2. The maximum Gasteiger partial charge on any atom is 0.243 e. The van der Waals surface area contributed by atoms with E-state index in [0.717, 1.165) is 18.4 Å². The molecule has 0 bridgehead atoms. The third-order valence-electron chi connectivity index (χ3n) is 5.47. The Labute approximate surface area is 161 Å². The van der Waals surface area contributed by atoms with Gasteiger partial charge in [-0.3, -0.25) is 4.79 Å². The monoisotopic (exact) mass is 395 g/mol. The normalized spacial score (nSPS) is 23.7. The van der Waals surface area contributed by atoms with Crippen molar-refractivity contribution in [1.29, 1.82) is 0 Å². The molecule has 2 fully saturated rings. The zero-order valence-corrected chi connectivity index (χ0v) is 16.6. The number of piperidine rings is 1. The summed E-state index contributed by atoms with van der Waals surface area (Å²) < 4.78 is 32.4. The molecule has 27 heavy (non-hydrogen) atoms. The van der Waals surface area contributed by atoms with Gasteiger partial charge >= 0.3 is 0 Å². The first kappa shape index (κ1) is 20.3. The Bertz CT molecular complexity index is 758. The number of nitrogens with zero attached hydrogens (tertiary/aromatic N) is 1. The fourth-order valence-electron chi connectivity index (χ4n) is 3.61. The molecule has 3 N–H and O–H groups in total. The number of rotatable bonds is 5. The molecule has 0 aliphatic carbocycles. The maximum absolute atomic E-state index is 12.8. The predicted octanol–water partition coefficient (Wildman–Crippen LogP) is 1.23. The second-order valence-electron chi connectivity index (χ2n) is 7.71. The largest absolute Gasteiger partial charge is 0.381 e. The molecule has 0 spiro atoms. The van der Waals surface area contributed by atoms with Crippen LogP contribution in [0, 0.1) is 5.92 Å². The number of sulfonamides is 1. The molecule has 0 saturated carbocycles. The number of amides is 1. The van der Waals surface area contributed by atoms with Crippen LogP contribution in [-0.4, -0.2) is 50.5 Å². The van der Waals surface area contributed by atoms with Crippen LogP contribution >= 0.6 is 0 Å². The van der Waals surface area contributed by atoms with E-state index in [1.54, 1.807) is 28.6 Å². The van der Waals surface area contributed by atoms with E-state index in [1.807, 2.05) is 0 Å². The van der Waals surface area contributed by atoms with E-state index >= 15 is 0 Å². The van der Waals surface area contributed by atoms with Crippen molar-refractivity contribution in [3.63, 3.8) is 0 Å². The SMILES string of the molecule is CC1CCCN(S(=O)(=O)c2ccc(CNC(=O)C3(N)CCOCC3)cc2)C1. The molecule has 7 nitrogen and oxygen atoms in total. The van der Waals surface area contributed by atoms with E-state index in [0.29, 0.717) is 56.5 Å². The molecule has 2 aliphatic rings. The molecular formula is C19H29N3O4S. The highest BCUT2D eigenvalue weighted by molar-refractivity contribution is 7.89. The van der Waals surface area contributed by atoms with E-state index in [2.05, 4.69) is 12.2 Å². The Balaban J connectivity index is 1.61. The molecule has 1 amide bonds. The van der Waals surface area contributed by atoms with Crippen molar-refractivity contribution in [2.75, 3.05) is 26.3 Å². The van der Waals surface area contributed by atoms with Gasteiger partial charge in [0.15, 0.2) is 0 Å². The highest BCUT2D eigenvalue weighted by Crippen LogP contribution is 2.24. The van der Waals surface area contributed by atoms with E-state index in [9.17, 15) is 13.2 Å². The van der Waals surface area contributed by atoms with Crippen molar-refractivity contribution in [3.8, 4) is 0 Å². The minimum atomic E-state index is -3.46. The lowest BCUT2D eigenvalue weighted by Crippen LogP contribution is -2.56. The quantitative estimate of drug-likeness (QED) is 0.781. The third kappa shape index (κ3) is 4.68. The summed E-state index contributed by atoms with van der Waals surface area (Å²) in [5, 5.41) is 2.86. The number of carbonyl (C=O) groups excluding carboxylic acids is 1. The summed E-state index contributed by atoms with van der Waals surface area (Å²) in [5.74, 6) is 0.196. The van der Waals surface area contributed by atoms with Gasteiger partial charge in [-0.2, -0.15) is 4.31 Å². The fourth-order valence-corrected chi connectivity index (χ4v) is 5.21. The van der Waals surface area contributed by atoms with Crippen LogP contribution in [-0.2, 0) is 26.1 Å². The molecule has 2 aliphatic heterocycles. The van der Waals surface area contributed by atoms with Crippen molar-refractivity contribution in [1.82, 2.24) is 9.62 Å². The average Bonchev–Trinajstić information content (AvgIpc) is 2.67. The Morgan fingerprint density at radius 3 is 2.59 bits per heavy atom. The fraction of sp³-hybridized carbons (Fsp3) is 0.632. The Morgan fingerprint density at radius 1 is 1.30 bits per heavy atom. The minimum Gasteiger partial charge on any atom is -0.381 e. The van der Waals surface area contributed by atoms with Gasteiger partial charge in [0, 0.05) is 32.8 Å². The van der Waals surface area contributed by atoms with Gasteiger partial charge < -0.3 is 15.8 Å². The molecule has 1 unspecified atom stereocenters. The van der Waals surface area contributed by atoms with Gasteiger partial charge in [-0.15, -0.1) is 0 Å². The highest BCUT2D eigenvalue weighted by atomic mass is 32.2. The number of carbonyl (C=O) groups is 1. The molecule has 1 atom stereocenters. The van der Waals surface area contributed by atoms with Crippen LogP contribution in [0.4, 0.5) is 0 Å². The van der Waals surface area contributed by atoms with Gasteiger partial charge in [0.2, 0.25) is 15.9 Å². The number of benzene rings is 1. The molecule has 1 aromatic rings. The number of hydrogen-bond acceptors (Lipinski definition) is 5. The van der Waals surface area contributed by atoms with E-state index in [1.165, 1.54) is 0 Å². The summed E-state index contributed by atoms with van der Waals surface area (Å²) in [6.45, 7) is 4.53. The zero-order chi connectivity index (χ0) is 19.5. The number of nitrogens with two attached hydrogens (primary N) is 1. The van der Waals surface area contributed by atoms with Crippen LogP contribution in [0.3, 0.4) is 0 Å². The molecular weight excluding hydrogens is 366 g/mol. The van der Waals surface area contributed by atoms with Crippen LogP contribution in [0.15, 0.2) is 29.2 Å². The van der Waals surface area contributed by atoms with Crippen molar-refractivity contribution >= 4 is 15.9 Å². The maximum atomic E-state index is 12.8. The Morgan fingerprint density at radius 2 is 1.96 bits per heavy atom. The molecule has 0 aromatic heterocycles. The van der Waals surface area contributed by atoms with Crippen molar-refractivity contribution in [3.05, 3.63) is 29.8 Å². The molecule has 0 radical (unpaired) electrons. The lowest BCUT2D eigenvalue weighted by Gasteiger charge is -2.31. The highest BCUT2D eigenvalue weighted by Gasteiger charge is 2.35. The van der Waals surface area contributed by atoms with Gasteiger partial charge in [0.1, 0.15) is 0 Å². The lowest BCUT2D eigenvalue weighted by molar-refractivity contribution is -0.129. The smallest absolute Gasteiger partial charge is 0.243 e. The van der Waals surface area contributed by atoms with Crippen LogP contribution in [0.1, 0.15) is 38.2 Å². The van der Waals surface area contributed by atoms with E-state index in [-0.39, 0.29) is 5.91 Å². The molecule has 1 aromatic carbocycles. The molecule has 3 rings (SSSR count). The molecule has 8 heteroatoms. The molecule has 150 valence electrons. The Kier molecular flexibility index (Phi) is 6.20. The van der Waals surface area contributed by atoms with Gasteiger partial charge in [0.05, 0.1) is 10.4 Å². The predicted molar refractivity (Wildman–Crippen MR) is 102 cm³/mol. The van der Waals surface area contributed by atoms with Crippen LogP contribution < -0.4 is 11.1 Å². The van der Waals surface area contributed by atoms with Crippen molar-refractivity contribution in [2.45, 2.75) is 49.6 Å². The van der Waals surface area contributed by atoms with Gasteiger partial charge in [-0.1, -0.05) is 19.1 Å². The van der Waals surface area contributed by atoms with Crippen LogP contribution in [0.5, 0.6) is 0 Å². The second-order valence-corrected chi connectivity index (χ2v) is 9.64. The summed E-state index contributed by atoms with van der Waals surface area (Å²) in [6.07, 6.45) is 2.98. The van der Waals surface area contributed by atoms with Crippen molar-refractivity contribution in [2.24, 2.45) is 11.7 Å². The first-order valence-corrected chi connectivity index (χ1v) is 11.0. The lowest BCUT2D eigenvalue weighted by atomic mass is 9.90. The Hall–Kier alpha value is -1.48. The van der Waals surface area contributed by atoms with Gasteiger partial charge in [-0.25, -0.2) is 8.42 Å². The first-order valence-electron chi connectivity index (χ1n) is 9.55. The third-order valence-corrected chi connectivity index (χ3v) is 7.35. The average molecular weight is 396 g/mol. The first-order chi connectivity index (χ1) is 12.8. The van der Waals surface area contributed by atoms with Gasteiger partial charge in [-0.05, 0) is 49.3 Å². The van der Waals surface area contributed by atoms with Crippen LogP contribution in [0.2, 0.25) is 0 Å². The second kappa shape index (κ2) is 8.26. The molecule has 2 heterocycles. The zero-order valence-electron chi connectivity index (χ0n) is 15.8. The minimum absolute atomic E-state index is 0.190. The van der Waals surface area contributed by atoms with Gasteiger partial charge in [0.25, 0.3) is 0 Å². The summed E-state index contributed by atoms with van der Waals surface area (Å²) in [5.41, 5.74) is 6.12. The summed E-state index contributed by atoms with van der Waals surface area (Å²) in [6, 6.07) is 6.72. The summed E-state index contributed by atoms with van der Waals surface area (Å²) in [4.78, 5) is 12.7. The van der Waals surface area contributed by atoms with E-state index < -0.39 is 15.6 Å². The number of nitrogens with one attached hydrogen (secondary N) is 1. The number of ether oxygens (including phenoxy) is 1. The summed E-state index contributed by atoms with van der Waals surface area (Å²) >= 11 is 0.